The molecule has 3 heterocycles. The fourth-order valence-electron chi connectivity index (χ4n) is 3.60. The van der Waals surface area contributed by atoms with Crippen molar-refractivity contribution in [3.05, 3.63) is 89.5 Å². The molecule has 0 bridgehead atoms. The van der Waals surface area contributed by atoms with Crippen LogP contribution in [0, 0.1) is 18.6 Å². The number of H-pyrrole nitrogens is 1. The van der Waals surface area contributed by atoms with E-state index in [9.17, 15) is 8.78 Å². The minimum absolute atomic E-state index is 0.277. The quantitative estimate of drug-likeness (QED) is 0.402. The predicted octanol–water partition coefficient (Wildman–Crippen LogP) is 5.19. The van der Waals surface area contributed by atoms with Gasteiger partial charge in [-0.15, -0.1) is 5.10 Å². The second-order valence-electron chi connectivity index (χ2n) is 7.45. The lowest BCUT2D eigenvalue weighted by molar-refractivity contribution is 0.301. The van der Waals surface area contributed by atoms with Gasteiger partial charge in [0, 0.05) is 23.0 Å². The zero-order valence-corrected chi connectivity index (χ0v) is 17.2. The lowest BCUT2D eigenvalue weighted by atomic mass is 10.1. The third-order valence-corrected chi connectivity index (χ3v) is 5.20. The summed E-state index contributed by atoms with van der Waals surface area (Å²) in [7, 11) is 0. The van der Waals surface area contributed by atoms with E-state index in [1.807, 2.05) is 37.4 Å². The zero-order chi connectivity index (χ0) is 22.1. The summed E-state index contributed by atoms with van der Waals surface area (Å²) in [6.07, 6.45) is 7.09. The number of fused-ring (bicyclic) bond motifs is 3. The number of aromatic amines is 1. The Balaban J connectivity index is 1.23. The Morgan fingerprint density at radius 2 is 1.97 bits per heavy atom. The average Bonchev–Trinajstić information content (AvgIpc) is 3.39. The average molecular weight is 431 g/mol. The molecule has 8 heteroatoms. The van der Waals surface area contributed by atoms with Crippen molar-refractivity contribution in [1.29, 1.82) is 0 Å². The van der Waals surface area contributed by atoms with Crippen molar-refractivity contribution in [3.63, 3.8) is 0 Å². The molecule has 0 unspecified atom stereocenters. The number of halogens is 2. The molecular weight excluding hydrogens is 412 g/mol. The number of hydrogen-bond acceptors (Lipinski definition) is 4. The highest BCUT2D eigenvalue weighted by Crippen LogP contribution is 2.29. The highest BCUT2D eigenvalue weighted by Gasteiger charge is 2.08. The van der Waals surface area contributed by atoms with Gasteiger partial charge in [-0.3, -0.25) is 4.98 Å². The van der Waals surface area contributed by atoms with E-state index < -0.39 is 11.6 Å². The van der Waals surface area contributed by atoms with Crippen LogP contribution in [0.1, 0.15) is 17.0 Å². The minimum Gasteiger partial charge on any atom is -0.487 e. The molecule has 0 saturated carbocycles. The van der Waals surface area contributed by atoms with Gasteiger partial charge < -0.3 is 9.72 Å². The first-order valence-corrected chi connectivity index (χ1v) is 10.1. The maximum atomic E-state index is 13.3. The monoisotopic (exact) mass is 431 g/mol. The fourth-order valence-corrected chi connectivity index (χ4v) is 3.60. The molecule has 1 N–H and O–H groups in total. The van der Waals surface area contributed by atoms with E-state index in [0.717, 1.165) is 45.4 Å². The highest BCUT2D eigenvalue weighted by atomic mass is 19.2. The Hall–Kier alpha value is -4.07. The number of aryl methyl sites for hydroxylation is 1. The van der Waals surface area contributed by atoms with Gasteiger partial charge in [0.25, 0.3) is 0 Å². The number of nitrogens with zero attached hydrogens (tertiary/aromatic N) is 4. The van der Waals surface area contributed by atoms with E-state index in [4.69, 9.17) is 4.74 Å². The Labute approximate surface area is 182 Å². The summed E-state index contributed by atoms with van der Waals surface area (Å²) in [5, 5.41) is 10.4. The van der Waals surface area contributed by atoms with Gasteiger partial charge in [-0.2, -0.15) is 0 Å². The molecule has 0 saturated heterocycles. The van der Waals surface area contributed by atoms with Gasteiger partial charge in [0.15, 0.2) is 11.6 Å². The van der Waals surface area contributed by atoms with Crippen molar-refractivity contribution < 1.29 is 13.5 Å². The lowest BCUT2D eigenvalue weighted by Crippen LogP contribution is -1.96. The summed E-state index contributed by atoms with van der Waals surface area (Å²) < 4.78 is 33.8. The van der Waals surface area contributed by atoms with Crippen LogP contribution in [-0.2, 0) is 13.2 Å². The number of hydrogen-bond donors (Lipinski definition) is 1. The van der Waals surface area contributed by atoms with Crippen LogP contribution in [0.25, 0.3) is 27.9 Å². The molecule has 0 amide bonds. The number of nitrogens with one attached hydrogen (secondary N) is 1. The van der Waals surface area contributed by atoms with Gasteiger partial charge in [0.2, 0.25) is 0 Å². The Bertz CT molecular complexity index is 1450. The molecule has 0 aliphatic carbocycles. The maximum Gasteiger partial charge on any atom is 0.159 e. The van der Waals surface area contributed by atoms with Crippen LogP contribution >= 0.6 is 0 Å². The van der Waals surface area contributed by atoms with E-state index >= 15 is 0 Å². The Morgan fingerprint density at radius 1 is 1.06 bits per heavy atom. The number of allylic oxidation sites excluding steroid dienone is 1. The van der Waals surface area contributed by atoms with Crippen molar-refractivity contribution in [1.82, 2.24) is 25.0 Å². The van der Waals surface area contributed by atoms with Crippen LogP contribution in [0.3, 0.4) is 0 Å². The summed E-state index contributed by atoms with van der Waals surface area (Å²) in [5.74, 6) is -1.01. The van der Waals surface area contributed by atoms with E-state index in [1.54, 1.807) is 23.0 Å². The second kappa shape index (κ2) is 8.22. The first-order chi connectivity index (χ1) is 15.6. The Morgan fingerprint density at radius 3 is 2.84 bits per heavy atom. The minimum atomic E-state index is -0.871. The molecule has 0 aliphatic heterocycles. The molecule has 32 heavy (non-hydrogen) atoms. The van der Waals surface area contributed by atoms with E-state index in [-0.39, 0.29) is 6.61 Å². The van der Waals surface area contributed by atoms with Crippen molar-refractivity contribution >= 4 is 27.9 Å². The third-order valence-electron chi connectivity index (χ3n) is 5.20. The summed E-state index contributed by atoms with van der Waals surface area (Å²) in [5.41, 5.74) is 4.23. The van der Waals surface area contributed by atoms with Gasteiger partial charge in [-0.1, -0.05) is 23.4 Å². The van der Waals surface area contributed by atoms with Crippen LogP contribution in [0.4, 0.5) is 8.78 Å². The standard InChI is InChI=1S/C24H19F2N5O/c1-15-24-20(8-9-27-15)19-6-5-18(12-23(19)28-24)32-14-17-13-31(30-29-17)10-2-3-16-4-7-21(25)22(26)11-16/h2-9,11-13,28H,10,14H2,1H3/b3-2+. The van der Waals surface area contributed by atoms with Crippen LogP contribution < -0.4 is 4.74 Å². The van der Waals surface area contributed by atoms with Crippen LogP contribution in [-0.4, -0.2) is 25.0 Å². The number of benzene rings is 2. The molecule has 2 aromatic carbocycles. The fraction of sp³-hybridized carbons (Fsp3) is 0.125. The van der Waals surface area contributed by atoms with Gasteiger partial charge in [-0.05, 0) is 42.8 Å². The van der Waals surface area contributed by atoms with Crippen molar-refractivity contribution in [2.24, 2.45) is 0 Å². The van der Waals surface area contributed by atoms with Gasteiger partial charge in [0.05, 0.1) is 29.5 Å². The largest absolute Gasteiger partial charge is 0.487 e. The first kappa shape index (κ1) is 19.9. The molecule has 0 spiro atoms. The van der Waals surface area contributed by atoms with Crippen LogP contribution in [0.15, 0.2) is 60.9 Å². The molecule has 0 aliphatic rings. The molecule has 0 radical (unpaired) electrons. The van der Waals surface area contributed by atoms with Gasteiger partial charge in [0.1, 0.15) is 18.1 Å². The zero-order valence-electron chi connectivity index (χ0n) is 17.2. The van der Waals surface area contributed by atoms with Crippen LogP contribution in [0.5, 0.6) is 5.75 Å². The van der Waals surface area contributed by atoms with Crippen LogP contribution in [0.2, 0.25) is 0 Å². The smallest absolute Gasteiger partial charge is 0.159 e. The topological polar surface area (TPSA) is 68.6 Å². The van der Waals surface area contributed by atoms with Gasteiger partial charge >= 0.3 is 0 Å². The van der Waals surface area contributed by atoms with Crippen molar-refractivity contribution in [2.75, 3.05) is 0 Å². The second-order valence-corrected chi connectivity index (χ2v) is 7.45. The van der Waals surface area contributed by atoms with E-state index in [1.165, 1.54) is 6.07 Å². The Kier molecular flexibility index (Phi) is 5.10. The number of rotatable bonds is 6. The summed E-state index contributed by atoms with van der Waals surface area (Å²) in [6, 6.07) is 11.7. The first-order valence-electron chi connectivity index (χ1n) is 10.1. The molecule has 3 aromatic heterocycles. The highest BCUT2D eigenvalue weighted by molar-refractivity contribution is 6.08. The number of ether oxygens (including phenoxy) is 1. The molecule has 5 aromatic rings. The SMILES string of the molecule is Cc1nccc2c1[nH]c1cc(OCc3cn(C/C=C/c4ccc(F)c(F)c4)nn3)ccc12. The van der Waals surface area contributed by atoms with E-state index in [0.29, 0.717) is 17.8 Å². The molecule has 0 atom stereocenters. The van der Waals surface area contributed by atoms with E-state index in [2.05, 4.69) is 20.3 Å². The summed E-state index contributed by atoms with van der Waals surface area (Å²) in [4.78, 5) is 7.74. The van der Waals surface area contributed by atoms with Gasteiger partial charge in [-0.25, -0.2) is 13.5 Å². The third kappa shape index (κ3) is 3.94. The summed E-state index contributed by atoms with van der Waals surface area (Å²) >= 11 is 0. The lowest BCUT2D eigenvalue weighted by Gasteiger charge is -2.03. The summed E-state index contributed by atoms with van der Waals surface area (Å²) in [6.45, 7) is 2.70. The number of aromatic nitrogens is 5. The molecule has 5 rings (SSSR count). The normalized spacial score (nSPS) is 11.7. The molecule has 6 nitrogen and oxygen atoms in total. The predicted molar refractivity (Wildman–Crippen MR) is 118 cm³/mol. The molecule has 160 valence electrons. The number of pyridine rings is 1. The molecule has 0 fully saturated rings. The maximum absolute atomic E-state index is 13.3. The van der Waals surface area contributed by atoms with Crippen molar-refractivity contribution in [3.8, 4) is 5.75 Å². The van der Waals surface area contributed by atoms with Crippen molar-refractivity contribution in [2.45, 2.75) is 20.1 Å². The molecular formula is C24H19F2N5O.